The van der Waals surface area contributed by atoms with Crippen molar-refractivity contribution in [2.24, 2.45) is 0 Å². The lowest BCUT2D eigenvalue weighted by atomic mass is 9.88. The third-order valence-corrected chi connectivity index (χ3v) is 8.20. The van der Waals surface area contributed by atoms with Gasteiger partial charge in [0, 0.05) is 24.7 Å². The number of hydrogen-bond acceptors (Lipinski definition) is 5. The zero-order chi connectivity index (χ0) is 25.2. The molecule has 2 aromatic rings. The van der Waals surface area contributed by atoms with E-state index in [1.54, 1.807) is 30.3 Å². The van der Waals surface area contributed by atoms with Crippen LogP contribution in [0.1, 0.15) is 46.1 Å². The molecule has 0 atom stereocenters. The molecule has 4 rings (SSSR count). The number of carbonyl (C=O) groups excluding carboxylic acids is 1. The highest BCUT2D eigenvalue weighted by Crippen LogP contribution is 2.40. The van der Waals surface area contributed by atoms with Crippen molar-refractivity contribution in [2.45, 2.75) is 57.0 Å². The summed E-state index contributed by atoms with van der Waals surface area (Å²) in [6.07, 6.45) is 3.46. The highest BCUT2D eigenvalue weighted by atomic mass is 32.2. The van der Waals surface area contributed by atoms with Gasteiger partial charge in [-0.15, -0.1) is 0 Å². The number of anilines is 1. The summed E-state index contributed by atoms with van der Waals surface area (Å²) in [6, 6.07) is 14.2. The third kappa shape index (κ3) is 5.60. The van der Waals surface area contributed by atoms with Gasteiger partial charge in [-0.3, -0.25) is 9.69 Å². The molecule has 0 unspecified atom stereocenters. The number of rotatable bonds is 7. The lowest BCUT2D eigenvalue weighted by molar-refractivity contribution is -0.120. The predicted octanol–water partition coefficient (Wildman–Crippen LogP) is 4.06. The van der Waals surface area contributed by atoms with Gasteiger partial charge in [-0.1, -0.05) is 24.3 Å². The second kappa shape index (κ2) is 10.1. The summed E-state index contributed by atoms with van der Waals surface area (Å²) in [5.41, 5.74) is 2.58. The Bertz CT molecular complexity index is 1200. The van der Waals surface area contributed by atoms with Crippen molar-refractivity contribution in [3.8, 4) is 5.75 Å². The summed E-state index contributed by atoms with van der Waals surface area (Å²) < 4.78 is 33.8. The van der Waals surface area contributed by atoms with E-state index in [1.165, 1.54) is 0 Å². The van der Waals surface area contributed by atoms with Gasteiger partial charge in [-0.25, -0.2) is 13.1 Å². The van der Waals surface area contributed by atoms with Crippen LogP contribution >= 0.6 is 0 Å². The number of carbonyl (C=O) groups is 1. The first-order chi connectivity index (χ1) is 16.6. The van der Waals surface area contributed by atoms with E-state index in [4.69, 9.17) is 4.74 Å². The van der Waals surface area contributed by atoms with Gasteiger partial charge in [0.1, 0.15) is 5.75 Å². The first-order valence-corrected chi connectivity index (χ1v) is 13.7. The lowest BCUT2D eigenvalue weighted by Crippen LogP contribution is -2.54. The number of amides is 1. The van der Waals surface area contributed by atoms with Gasteiger partial charge in [0.25, 0.3) is 0 Å². The number of sulfonamides is 1. The van der Waals surface area contributed by atoms with E-state index in [1.807, 2.05) is 30.0 Å². The highest BCUT2D eigenvalue weighted by molar-refractivity contribution is 7.89. The number of likely N-dealkylation sites (tertiary alicyclic amines) is 1. The summed E-state index contributed by atoms with van der Waals surface area (Å²) in [6.45, 7) is 10.3. The van der Waals surface area contributed by atoms with Crippen LogP contribution in [0.2, 0.25) is 0 Å². The Morgan fingerprint density at radius 3 is 2.46 bits per heavy atom. The van der Waals surface area contributed by atoms with Crippen LogP contribution in [0.25, 0.3) is 5.57 Å². The molecule has 0 saturated carbocycles. The maximum atomic E-state index is 13.6. The van der Waals surface area contributed by atoms with E-state index >= 15 is 0 Å². The minimum absolute atomic E-state index is 0.0347. The maximum Gasteiger partial charge on any atom is 0.241 e. The Balaban J connectivity index is 1.41. The Morgan fingerprint density at radius 1 is 1.11 bits per heavy atom. The fraction of sp³-hybridized carbons (Fsp3) is 0.444. The Labute approximate surface area is 208 Å². The van der Waals surface area contributed by atoms with E-state index in [9.17, 15) is 13.2 Å². The molecule has 8 heteroatoms. The first-order valence-electron chi connectivity index (χ1n) is 12.2. The summed E-state index contributed by atoms with van der Waals surface area (Å²) >= 11 is 0. The van der Waals surface area contributed by atoms with Crippen molar-refractivity contribution < 1.29 is 17.9 Å². The molecular weight excluding hydrogens is 462 g/mol. The molecule has 7 nitrogen and oxygen atoms in total. The highest BCUT2D eigenvalue weighted by Gasteiger charge is 2.37. The fourth-order valence-electron chi connectivity index (χ4n) is 5.08. The normalized spacial score (nSPS) is 18.6. The molecule has 1 saturated heterocycles. The Hall–Kier alpha value is -2.68. The molecule has 188 valence electrons. The van der Waals surface area contributed by atoms with E-state index in [-0.39, 0.29) is 16.8 Å². The molecule has 1 fully saturated rings. The van der Waals surface area contributed by atoms with Crippen LogP contribution in [0.4, 0.5) is 5.69 Å². The fourth-order valence-corrected chi connectivity index (χ4v) is 6.40. The second-order valence-corrected chi connectivity index (χ2v) is 11.5. The number of nitrogens with one attached hydrogen (secondary N) is 1. The second-order valence-electron chi connectivity index (χ2n) is 9.81. The molecule has 2 aliphatic heterocycles. The SMILES string of the molecule is CCOc1ccc2c(c1)C(C)=CC(C)(C)N2C(=O)CN1CCC(NS(=O)(=O)c2ccccc2)CC1. The summed E-state index contributed by atoms with van der Waals surface area (Å²) in [7, 11) is -3.54. The molecule has 0 aromatic heterocycles. The number of piperidine rings is 1. The summed E-state index contributed by atoms with van der Waals surface area (Å²) in [4.78, 5) is 17.8. The van der Waals surface area contributed by atoms with Crippen LogP contribution in [0.3, 0.4) is 0 Å². The predicted molar refractivity (Wildman–Crippen MR) is 139 cm³/mol. The van der Waals surface area contributed by atoms with Gasteiger partial charge in [0.15, 0.2) is 0 Å². The minimum atomic E-state index is -3.54. The van der Waals surface area contributed by atoms with Gasteiger partial charge in [-0.2, -0.15) is 0 Å². The molecular formula is C27H35N3O4S. The Morgan fingerprint density at radius 2 is 1.80 bits per heavy atom. The lowest BCUT2D eigenvalue weighted by Gasteiger charge is -2.43. The van der Waals surface area contributed by atoms with Crippen molar-refractivity contribution in [1.82, 2.24) is 9.62 Å². The number of allylic oxidation sites excluding steroid dienone is 1. The van der Waals surface area contributed by atoms with E-state index in [0.717, 1.165) is 22.6 Å². The van der Waals surface area contributed by atoms with Crippen LogP contribution < -0.4 is 14.4 Å². The van der Waals surface area contributed by atoms with Crippen molar-refractivity contribution in [3.63, 3.8) is 0 Å². The average Bonchev–Trinajstić information content (AvgIpc) is 2.81. The number of fused-ring (bicyclic) bond motifs is 1. The molecule has 1 amide bonds. The van der Waals surface area contributed by atoms with Crippen LogP contribution in [0, 0.1) is 0 Å². The number of nitrogens with zero attached hydrogens (tertiary/aromatic N) is 2. The van der Waals surface area contributed by atoms with E-state index in [2.05, 4.69) is 36.5 Å². The monoisotopic (exact) mass is 497 g/mol. The first kappa shape index (κ1) is 25.4. The van der Waals surface area contributed by atoms with Crippen molar-refractivity contribution in [1.29, 1.82) is 0 Å². The molecule has 0 bridgehead atoms. The van der Waals surface area contributed by atoms with Crippen LogP contribution in [0.15, 0.2) is 59.5 Å². The number of ether oxygens (including phenoxy) is 1. The van der Waals surface area contributed by atoms with Crippen molar-refractivity contribution in [3.05, 3.63) is 60.2 Å². The van der Waals surface area contributed by atoms with Gasteiger partial charge >= 0.3 is 0 Å². The van der Waals surface area contributed by atoms with Crippen LogP contribution in [0.5, 0.6) is 5.75 Å². The maximum absolute atomic E-state index is 13.6. The summed E-state index contributed by atoms with van der Waals surface area (Å²) in [5, 5.41) is 0. The molecule has 2 heterocycles. The van der Waals surface area contributed by atoms with Crippen molar-refractivity contribution >= 4 is 27.2 Å². The molecule has 0 spiro atoms. The minimum Gasteiger partial charge on any atom is -0.494 e. The van der Waals surface area contributed by atoms with E-state index in [0.29, 0.717) is 39.1 Å². The zero-order valence-corrected chi connectivity index (χ0v) is 21.8. The number of benzene rings is 2. The van der Waals surface area contributed by atoms with Crippen LogP contribution in [-0.2, 0) is 14.8 Å². The van der Waals surface area contributed by atoms with Crippen molar-refractivity contribution in [2.75, 3.05) is 31.1 Å². The van der Waals surface area contributed by atoms with Crippen LogP contribution in [-0.4, -0.2) is 57.0 Å². The van der Waals surface area contributed by atoms with Gasteiger partial charge < -0.3 is 9.64 Å². The average molecular weight is 498 g/mol. The molecule has 0 radical (unpaired) electrons. The smallest absolute Gasteiger partial charge is 0.241 e. The molecule has 0 aliphatic carbocycles. The van der Waals surface area contributed by atoms with E-state index < -0.39 is 15.6 Å². The van der Waals surface area contributed by atoms with Gasteiger partial charge in [0.2, 0.25) is 15.9 Å². The molecule has 2 aliphatic rings. The largest absolute Gasteiger partial charge is 0.494 e. The topological polar surface area (TPSA) is 79.0 Å². The zero-order valence-electron chi connectivity index (χ0n) is 21.0. The quantitative estimate of drug-likeness (QED) is 0.624. The summed E-state index contributed by atoms with van der Waals surface area (Å²) in [5.74, 6) is 0.832. The molecule has 2 aromatic carbocycles. The number of hydrogen-bond donors (Lipinski definition) is 1. The third-order valence-electron chi connectivity index (χ3n) is 6.66. The standard InChI is InChI=1S/C27H35N3O4S/c1-5-34-22-11-12-25-24(17-22)20(2)18-27(3,4)30(25)26(31)19-29-15-13-21(14-16-29)28-35(32,33)23-9-7-6-8-10-23/h6-12,17-18,21,28H,5,13-16,19H2,1-4H3. The van der Waals surface area contributed by atoms with Gasteiger partial charge in [0.05, 0.1) is 29.3 Å². The molecule has 1 N–H and O–H groups in total. The molecule has 35 heavy (non-hydrogen) atoms. The Kier molecular flexibility index (Phi) is 7.35. The van der Waals surface area contributed by atoms with Gasteiger partial charge in [-0.05, 0) is 76.4 Å².